The van der Waals surface area contributed by atoms with E-state index in [4.69, 9.17) is 20.8 Å². The molecule has 1 aliphatic heterocycles. The van der Waals surface area contributed by atoms with Crippen molar-refractivity contribution in [2.45, 2.75) is 0 Å². The minimum Gasteiger partial charge on any atom is -0.497 e. The summed E-state index contributed by atoms with van der Waals surface area (Å²) in [4.78, 5) is 19.2. The van der Waals surface area contributed by atoms with Gasteiger partial charge in [-0.05, 0) is 60.3 Å². The third kappa shape index (κ3) is 4.23. The topological polar surface area (TPSA) is 55.0 Å². The Morgan fingerprint density at radius 1 is 1.14 bits per heavy atom. The number of rotatable bonds is 4. The molecular formula is C22H17ClN2O3S. The average Bonchev–Trinajstić information content (AvgIpc) is 3.31. The minimum absolute atomic E-state index is 0.123. The predicted octanol–water partition coefficient (Wildman–Crippen LogP) is 5.84. The van der Waals surface area contributed by atoms with Crippen LogP contribution in [-0.4, -0.2) is 30.1 Å². The lowest BCUT2D eigenvalue weighted by atomic mass is 10.2. The zero-order valence-corrected chi connectivity index (χ0v) is 17.3. The summed E-state index contributed by atoms with van der Waals surface area (Å²) >= 11 is 7.22. The highest BCUT2D eigenvalue weighted by atomic mass is 35.5. The van der Waals surface area contributed by atoms with E-state index in [1.807, 2.05) is 48.5 Å². The van der Waals surface area contributed by atoms with Crippen LogP contribution in [0.15, 0.2) is 75.0 Å². The zero-order valence-electron chi connectivity index (χ0n) is 15.8. The van der Waals surface area contributed by atoms with E-state index in [-0.39, 0.29) is 5.91 Å². The molecule has 2 aromatic carbocycles. The van der Waals surface area contributed by atoms with Crippen molar-refractivity contribution in [2.24, 2.45) is 4.99 Å². The van der Waals surface area contributed by atoms with E-state index >= 15 is 0 Å². The molecule has 3 aromatic rings. The van der Waals surface area contributed by atoms with Crippen molar-refractivity contribution in [3.8, 4) is 17.1 Å². The fourth-order valence-electron chi connectivity index (χ4n) is 2.77. The molecule has 0 bridgehead atoms. The van der Waals surface area contributed by atoms with Gasteiger partial charge in [-0.2, -0.15) is 0 Å². The second-order valence-corrected chi connectivity index (χ2v) is 7.73. The number of thioether (sulfide) groups is 1. The first-order valence-electron chi connectivity index (χ1n) is 8.79. The van der Waals surface area contributed by atoms with Gasteiger partial charge in [0.2, 0.25) is 0 Å². The number of carbonyl (C=O) groups is 1. The standard InChI is InChI=1S/C22H17ClN2O3S/c1-25-21(26)20(29-22(25)24-16-8-6-15(23)7-9-16)13-18-10-11-19(28-18)14-4-3-5-17(12-14)27-2/h3-13H,1-2H3/b20-13-,24-22?. The van der Waals surface area contributed by atoms with Gasteiger partial charge in [-0.15, -0.1) is 0 Å². The van der Waals surface area contributed by atoms with Crippen LogP contribution in [0, 0.1) is 0 Å². The maximum atomic E-state index is 12.6. The normalized spacial score (nSPS) is 16.8. The number of halogens is 1. The maximum absolute atomic E-state index is 12.6. The lowest BCUT2D eigenvalue weighted by Gasteiger charge is -2.06. The fraction of sp³-hybridized carbons (Fsp3) is 0.0909. The number of hydrogen-bond acceptors (Lipinski definition) is 5. The Balaban J connectivity index is 1.58. The molecule has 1 fully saturated rings. The molecular weight excluding hydrogens is 408 g/mol. The number of benzene rings is 2. The monoisotopic (exact) mass is 424 g/mol. The van der Waals surface area contributed by atoms with E-state index in [1.165, 1.54) is 16.7 Å². The highest BCUT2D eigenvalue weighted by Crippen LogP contribution is 2.34. The summed E-state index contributed by atoms with van der Waals surface area (Å²) in [5, 5.41) is 1.24. The van der Waals surface area contributed by atoms with Crippen LogP contribution in [-0.2, 0) is 4.79 Å². The van der Waals surface area contributed by atoms with E-state index in [9.17, 15) is 4.79 Å². The van der Waals surface area contributed by atoms with Gasteiger partial charge < -0.3 is 9.15 Å². The van der Waals surface area contributed by atoms with Crippen molar-refractivity contribution < 1.29 is 13.9 Å². The summed E-state index contributed by atoms with van der Waals surface area (Å²) in [7, 11) is 3.33. The number of furan rings is 1. The molecule has 1 aromatic heterocycles. The molecule has 0 spiro atoms. The molecule has 5 nitrogen and oxygen atoms in total. The molecule has 0 saturated carbocycles. The van der Waals surface area contributed by atoms with Crippen LogP contribution in [0.2, 0.25) is 5.02 Å². The summed E-state index contributed by atoms with van der Waals surface area (Å²) < 4.78 is 11.2. The molecule has 0 atom stereocenters. The first-order valence-corrected chi connectivity index (χ1v) is 9.99. The first kappa shape index (κ1) is 19.4. The Morgan fingerprint density at radius 2 is 1.93 bits per heavy atom. The Labute approximate surface area is 177 Å². The van der Waals surface area contributed by atoms with Gasteiger partial charge in [0.05, 0.1) is 17.7 Å². The maximum Gasteiger partial charge on any atom is 0.266 e. The lowest BCUT2D eigenvalue weighted by molar-refractivity contribution is -0.121. The Morgan fingerprint density at radius 3 is 2.69 bits per heavy atom. The van der Waals surface area contributed by atoms with Gasteiger partial charge in [-0.1, -0.05) is 23.7 Å². The molecule has 0 aliphatic carbocycles. The van der Waals surface area contributed by atoms with Crippen molar-refractivity contribution in [3.05, 3.63) is 76.4 Å². The van der Waals surface area contributed by atoms with Crippen LogP contribution in [0.25, 0.3) is 17.4 Å². The molecule has 1 aliphatic rings. The molecule has 2 heterocycles. The fourth-order valence-corrected chi connectivity index (χ4v) is 3.86. The van der Waals surface area contributed by atoms with Crippen LogP contribution in [0.5, 0.6) is 5.75 Å². The molecule has 1 amide bonds. The second kappa shape index (κ2) is 8.19. The highest BCUT2D eigenvalue weighted by molar-refractivity contribution is 8.18. The van der Waals surface area contributed by atoms with E-state index in [2.05, 4.69) is 4.99 Å². The second-order valence-electron chi connectivity index (χ2n) is 6.28. The third-order valence-electron chi connectivity index (χ3n) is 4.31. The van der Waals surface area contributed by atoms with Crippen molar-refractivity contribution in [1.29, 1.82) is 0 Å². The highest BCUT2D eigenvalue weighted by Gasteiger charge is 2.30. The van der Waals surface area contributed by atoms with Gasteiger partial charge in [0.25, 0.3) is 5.91 Å². The molecule has 1 saturated heterocycles. The number of hydrogen-bond donors (Lipinski definition) is 0. The quantitative estimate of drug-likeness (QED) is 0.493. The number of aliphatic imine (C=N–C) groups is 1. The van der Waals surface area contributed by atoms with E-state index < -0.39 is 0 Å². The zero-order chi connectivity index (χ0) is 20.4. The molecule has 146 valence electrons. The van der Waals surface area contributed by atoms with Crippen LogP contribution < -0.4 is 4.74 Å². The Hall–Kier alpha value is -2.96. The summed E-state index contributed by atoms with van der Waals surface area (Å²) in [6.07, 6.45) is 1.73. The average molecular weight is 425 g/mol. The van der Waals surface area contributed by atoms with Crippen LogP contribution in [0.3, 0.4) is 0 Å². The number of amides is 1. The molecule has 0 N–H and O–H groups in total. The van der Waals surface area contributed by atoms with Gasteiger partial charge in [0, 0.05) is 23.7 Å². The molecule has 29 heavy (non-hydrogen) atoms. The smallest absolute Gasteiger partial charge is 0.266 e. The van der Waals surface area contributed by atoms with Gasteiger partial charge >= 0.3 is 0 Å². The van der Waals surface area contributed by atoms with Gasteiger partial charge in [-0.3, -0.25) is 9.69 Å². The number of carbonyl (C=O) groups excluding carboxylic acids is 1. The Kier molecular flexibility index (Phi) is 5.47. The summed E-state index contributed by atoms with van der Waals surface area (Å²) in [5.74, 6) is 1.93. The largest absolute Gasteiger partial charge is 0.497 e. The molecule has 4 rings (SSSR count). The summed E-state index contributed by atoms with van der Waals surface area (Å²) in [6.45, 7) is 0. The van der Waals surface area contributed by atoms with Gasteiger partial charge in [0.15, 0.2) is 5.17 Å². The lowest BCUT2D eigenvalue weighted by Crippen LogP contribution is -2.23. The molecule has 0 unspecified atom stereocenters. The number of ether oxygens (including phenoxy) is 1. The van der Waals surface area contributed by atoms with E-state index in [1.54, 1.807) is 32.4 Å². The minimum atomic E-state index is -0.123. The SMILES string of the molecule is COc1cccc(-c2ccc(/C=C3\SC(=Nc4ccc(Cl)cc4)N(C)C3=O)o2)c1. The van der Waals surface area contributed by atoms with Gasteiger partial charge in [-0.25, -0.2) is 4.99 Å². The van der Waals surface area contributed by atoms with Crippen molar-refractivity contribution in [2.75, 3.05) is 14.2 Å². The summed E-state index contributed by atoms with van der Waals surface area (Å²) in [6, 6.07) is 18.5. The van der Waals surface area contributed by atoms with Crippen LogP contribution in [0.1, 0.15) is 5.76 Å². The first-order chi connectivity index (χ1) is 14.0. The van der Waals surface area contributed by atoms with Gasteiger partial charge in [0.1, 0.15) is 17.3 Å². The summed E-state index contributed by atoms with van der Waals surface area (Å²) in [5.41, 5.74) is 1.64. The number of amidine groups is 1. The molecule has 7 heteroatoms. The number of likely N-dealkylation sites (N-methyl/N-ethyl adjacent to an activating group) is 1. The van der Waals surface area contributed by atoms with E-state index in [0.717, 1.165) is 17.0 Å². The van der Waals surface area contributed by atoms with Crippen molar-refractivity contribution in [1.82, 2.24) is 4.90 Å². The number of methoxy groups -OCH3 is 1. The number of nitrogens with zero attached hydrogens (tertiary/aromatic N) is 2. The predicted molar refractivity (Wildman–Crippen MR) is 118 cm³/mol. The van der Waals surface area contributed by atoms with E-state index in [0.29, 0.717) is 26.6 Å². The van der Waals surface area contributed by atoms with Crippen molar-refractivity contribution in [3.63, 3.8) is 0 Å². The van der Waals surface area contributed by atoms with Crippen LogP contribution >= 0.6 is 23.4 Å². The molecule has 0 radical (unpaired) electrons. The van der Waals surface area contributed by atoms with Crippen molar-refractivity contribution >= 4 is 46.2 Å². The third-order valence-corrected chi connectivity index (χ3v) is 5.62. The Bertz CT molecular complexity index is 1120. The van der Waals surface area contributed by atoms with Crippen LogP contribution in [0.4, 0.5) is 5.69 Å².